The molecule has 1 saturated heterocycles. The van der Waals surface area contributed by atoms with Gasteiger partial charge >= 0.3 is 12.1 Å². The van der Waals surface area contributed by atoms with E-state index in [1.54, 1.807) is 24.3 Å². The van der Waals surface area contributed by atoms with Crippen LogP contribution in [0.25, 0.3) is 0 Å². The zero-order chi connectivity index (χ0) is 19.3. The summed E-state index contributed by atoms with van der Waals surface area (Å²) in [5, 5.41) is 7.61. The molecule has 0 bridgehead atoms. The van der Waals surface area contributed by atoms with Crippen LogP contribution in [-0.2, 0) is 15.1 Å². The SMILES string of the molecule is CCCCNC(=O)NC(=O)CN1C(=O)NC(C)(c2cccc(Cl)c2)C1=O. The Morgan fingerprint density at radius 1 is 1.31 bits per heavy atom. The summed E-state index contributed by atoms with van der Waals surface area (Å²) >= 11 is 5.95. The highest BCUT2D eigenvalue weighted by molar-refractivity contribution is 6.30. The van der Waals surface area contributed by atoms with Gasteiger partial charge in [0.2, 0.25) is 5.91 Å². The second kappa shape index (κ2) is 8.18. The number of hydrogen-bond donors (Lipinski definition) is 3. The molecule has 1 aromatic carbocycles. The maximum atomic E-state index is 12.7. The molecule has 1 aliphatic rings. The minimum absolute atomic E-state index is 0.422. The van der Waals surface area contributed by atoms with Crippen LogP contribution in [0.4, 0.5) is 9.59 Å². The van der Waals surface area contributed by atoms with Gasteiger partial charge in [-0.2, -0.15) is 0 Å². The van der Waals surface area contributed by atoms with Crippen LogP contribution in [0.5, 0.6) is 0 Å². The van der Waals surface area contributed by atoms with Gasteiger partial charge in [0.15, 0.2) is 0 Å². The van der Waals surface area contributed by atoms with Crippen LogP contribution in [-0.4, -0.2) is 41.9 Å². The van der Waals surface area contributed by atoms with E-state index in [0.717, 1.165) is 17.7 Å². The van der Waals surface area contributed by atoms with Crippen molar-refractivity contribution in [1.29, 1.82) is 0 Å². The van der Waals surface area contributed by atoms with Crippen LogP contribution in [0.2, 0.25) is 5.02 Å². The number of nitrogens with zero attached hydrogens (tertiary/aromatic N) is 1. The van der Waals surface area contributed by atoms with Gasteiger partial charge in [-0.05, 0) is 31.0 Å². The Balaban J connectivity index is 2.02. The molecule has 1 fully saturated rings. The molecular weight excluding hydrogens is 360 g/mol. The van der Waals surface area contributed by atoms with Gasteiger partial charge in [-0.25, -0.2) is 9.59 Å². The number of halogens is 1. The minimum Gasteiger partial charge on any atom is -0.338 e. The maximum absolute atomic E-state index is 12.7. The van der Waals surface area contributed by atoms with Gasteiger partial charge in [-0.1, -0.05) is 37.1 Å². The first kappa shape index (κ1) is 19.7. The third kappa shape index (κ3) is 4.32. The van der Waals surface area contributed by atoms with Crippen LogP contribution in [0.3, 0.4) is 0 Å². The highest BCUT2D eigenvalue weighted by atomic mass is 35.5. The van der Waals surface area contributed by atoms with E-state index in [0.29, 0.717) is 17.1 Å². The normalized spacial score (nSPS) is 19.3. The summed E-state index contributed by atoms with van der Waals surface area (Å²) in [4.78, 5) is 49.2. The van der Waals surface area contributed by atoms with Crippen molar-refractivity contribution >= 4 is 35.5 Å². The molecule has 1 unspecified atom stereocenters. The topological polar surface area (TPSA) is 108 Å². The molecule has 9 heteroatoms. The lowest BCUT2D eigenvalue weighted by Gasteiger charge is -2.22. The van der Waals surface area contributed by atoms with E-state index < -0.39 is 36.0 Å². The molecule has 26 heavy (non-hydrogen) atoms. The Hall–Kier alpha value is -2.61. The highest BCUT2D eigenvalue weighted by Gasteiger charge is 2.49. The molecule has 1 atom stereocenters. The molecule has 140 valence electrons. The Morgan fingerprint density at radius 2 is 2.04 bits per heavy atom. The number of amides is 6. The number of rotatable bonds is 6. The Morgan fingerprint density at radius 3 is 2.69 bits per heavy atom. The Bertz CT molecular complexity index is 739. The molecule has 1 aliphatic heterocycles. The second-order valence-electron chi connectivity index (χ2n) is 6.11. The van der Waals surface area contributed by atoms with Gasteiger partial charge in [0, 0.05) is 11.6 Å². The first-order chi connectivity index (χ1) is 12.3. The third-order valence-corrected chi connectivity index (χ3v) is 4.28. The Labute approximate surface area is 156 Å². The van der Waals surface area contributed by atoms with Crippen molar-refractivity contribution in [2.45, 2.75) is 32.2 Å². The molecule has 8 nitrogen and oxygen atoms in total. The lowest BCUT2D eigenvalue weighted by Crippen LogP contribution is -2.47. The van der Waals surface area contributed by atoms with E-state index in [1.807, 2.05) is 6.92 Å². The molecule has 0 spiro atoms. The number of urea groups is 2. The van der Waals surface area contributed by atoms with Crippen molar-refractivity contribution in [1.82, 2.24) is 20.9 Å². The van der Waals surface area contributed by atoms with Crippen LogP contribution >= 0.6 is 11.6 Å². The molecule has 0 saturated carbocycles. The first-order valence-corrected chi connectivity index (χ1v) is 8.63. The van der Waals surface area contributed by atoms with Gasteiger partial charge in [0.05, 0.1) is 0 Å². The number of imide groups is 2. The minimum atomic E-state index is -1.33. The van der Waals surface area contributed by atoms with Gasteiger partial charge in [-0.3, -0.25) is 19.8 Å². The van der Waals surface area contributed by atoms with E-state index in [4.69, 9.17) is 11.6 Å². The molecule has 3 N–H and O–H groups in total. The smallest absolute Gasteiger partial charge is 0.325 e. The van der Waals surface area contributed by atoms with E-state index >= 15 is 0 Å². The molecular formula is C17H21ClN4O4. The van der Waals surface area contributed by atoms with Crippen LogP contribution in [0, 0.1) is 0 Å². The molecule has 6 amide bonds. The van der Waals surface area contributed by atoms with Gasteiger partial charge < -0.3 is 10.6 Å². The predicted molar refractivity (Wildman–Crippen MR) is 95.5 cm³/mol. The van der Waals surface area contributed by atoms with E-state index in [-0.39, 0.29) is 0 Å². The fourth-order valence-electron chi connectivity index (χ4n) is 2.57. The second-order valence-corrected chi connectivity index (χ2v) is 6.55. The van der Waals surface area contributed by atoms with Crippen molar-refractivity contribution in [3.8, 4) is 0 Å². The maximum Gasteiger partial charge on any atom is 0.325 e. The van der Waals surface area contributed by atoms with Gasteiger partial charge in [-0.15, -0.1) is 0 Å². The summed E-state index contributed by atoms with van der Waals surface area (Å²) in [7, 11) is 0. The predicted octanol–water partition coefficient (Wildman–Crippen LogP) is 1.73. The van der Waals surface area contributed by atoms with Crippen LogP contribution < -0.4 is 16.0 Å². The van der Waals surface area contributed by atoms with E-state index in [9.17, 15) is 19.2 Å². The molecule has 2 rings (SSSR count). The summed E-state index contributed by atoms with van der Waals surface area (Å²) < 4.78 is 0. The number of unbranched alkanes of at least 4 members (excludes halogenated alkanes) is 1. The van der Waals surface area contributed by atoms with Crippen molar-refractivity contribution in [3.05, 3.63) is 34.9 Å². The van der Waals surface area contributed by atoms with E-state index in [1.165, 1.54) is 6.92 Å². The lowest BCUT2D eigenvalue weighted by atomic mass is 9.92. The summed E-state index contributed by atoms with van der Waals surface area (Å²) in [6.45, 7) is 3.39. The zero-order valence-corrected chi connectivity index (χ0v) is 15.4. The average molecular weight is 381 g/mol. The summed E-state index contributed by atoms with van der Waals surface area (Å²) in [5.74, 6) is -1.34. The summed E-state index contributed by atoms with van der Waals surface area (Å²) in [6, 6.07) is 5.18. The monoisotopic (exact) mass is 380 g/mol. The molecule has 0 aliphatic carbocycles. The van der Waals surface area contributed by atoms with E-state index in [2.05, 4.69) is 16.0 Å². The standard InChI is InChI=1S/C17H21ClN4O4/c1-3-4-8-19-15(25)20-13(23)10-22-14(24)17(2,21-16(22)26)11-6-5-7-12(18)9-11/h5-7,9H,3-4,8,10H2,1-2H3,(H,21,26)(H2,19,20,23,25). The molecule has 0 aromatic heterocycles. The lowest BCUT2D eigenvalue weighted by molar-refractivity contribution is -0.134. The number of hydrogen-bond acceptors (Lipinski definition) is 4. The number of nitrogens with one attached hydrogen (secondary N) is 3. The fraction of sp³-hybridized carbons (Fsp3) is 0.412. The van der Waals surface area contributed by atoms with Gasteiger partial charge in [0.25, 0.3) is 5.91 Å². The van der Waals surface area contributed by atoms with Crippen molar-refractivity contribution < 1.29 is 19.2 Å². The highest BCUT2D eigenvalue weighted by Crippen LogP contribution is 2.30. The Kier molecular flexibility index (Phi) is 6.20. The molecule has 0 radical (unpaired) electrons. The molecule has 1 heterocycles. The quantitative estimate of drug-likeness (QED) is 0.516. The van der Waals surface area contributed by atoms with Crippen LogP contribution in [0.15, 0.2) is 24.3 Å². The van der Waals surface area contributed by atoms with Crippen molar-refractivity contribution in [2.24, 2.45) is 0 Å². The third-order valence-electron chi connectivity index (χ3n) is 4.05. The fourth-order valence-corrected chi connectivity index (χ4v) is 2.76. The van der Waals surface area contributed by atoms with Gasteiger partial charge in [0.1, 0.15) is 12.1 Å². The van der Waals surface area contributed by atoms with Crippen molar-refractivity contribution in [2.75, 3.05) is 13.1 Å². The zero-order valence-electron chi connectivity index (χ0n) is 14.6. The first-order valence-electron chi connectivity index (χ1n) is 8.25. The number of carbonyl (C=O) groups is 4. The van der Waals surface area contributed by atoms with Crippen LogP contribution in [0.1, 0.15) is 32.3 Å². The summed E-state index contributed by atoms with van der Waals surface area (Å²) in [6.07, 6.45) is 1.69. The van der Waals surface area contributed by atoms with Crippen molar-refractivity contribution in [3.63, 3.8) is 0 Å². The largest absolute Gasteiger partial charge is 0.338 e. The summed E-state index contributed by atoms with van der Waals surface area (Å²) in [5.41, 5.74) is -0.824. The number of benzene rings is 1. The number of carbonyl (C=O) groups excluding carboxylic acids is 4. The average Bonchev–Trinajstić information content (AvgIpc) is 2.79. The molecule has 1 aromatic rings.